The minimum absolute atomic E-state index is 0.194. The summed E-state index contributed by atoms with van der Waals surface area (Å²) in [6.45, 7) is 2.35. The lowest BCUT2D eigenvalue weighted by atomic mass is 10.2. The number of hydrogen-bond donors (Lipinski definition) is 1. The van der Waals surface area contributed by atoms with Crippen molar-refractivity contribution in [1.82, 2.24) is 15.1 Å². The second-order valence-electron chi connectivity index (χ2n) is 5.18. The number of amides is 1. The van der Waals surface area contributed by atoms with Gasteiger partial charge in [-0.15, -0.1) is 0 Å². The quantitative estimate of drug-likeness (QED) is 0.601. The van der Waals surface area contributed by atoms with Gasteiger partial charge in [-0.1, -0.05) is 29.8 Å². The summed E-state index contributed by atoms with van der Waals surface area (Å²) < 4.78 is 15.0. The number of aromatic nitrogens is 2. The van der Waals surface area contributed by atoms with Gasteiger partial charge in [0.25, 0.3) is 0 Å². The van der Waals surface area contributed by atoms with Crippen molar-refractivity contribution in [2.75, 3.05) is 12.3 Å². The van der Waals surface area contributed by atoms with E-state index in [9.17, 15) is 9.18 Å². The van der Waals surface area contributed by atoms with Crippen LogP contribution in [-0.4, -0.2) is 28.0 Å². The molecule has 2 rings (SSSR count). The fourth-order valence-corrected chi connectivity index (χ4v) is 3.18. The molecule has 0 saturated heterocycles. The summed E-state index contributed by atoms with van der Waals surface area (Å²) in [5.74, 6) is 0.908. The van der Waals surface area contributed by atoms with Crippen LogP contribution in [0.4, 0.5) is 4.39 Å². The van der Waals surface area contributed by atoms with Crippen molar-refractivity contribution in [2.45, 2.75) is 12.7 Å². The highest BCUT2D eigenvalue weighted by Gasteiger charge is 2.08. The molecule has 0 aliphatic heterocycles. The maximum atomic E-state index is 13.4. The molecule has 0 saturated carbocycles. The van der Waals surface area contributed by atoms with Crippen LogP contribution in [-0.2, 0) is 17.6 Å². The predicted octanol–water partition coefficient (Wildman–Crippen LogP) is 3.58. The van der Waals surface area contributed by atoms with E-state index in [0.29, 0.717) is 28.8 Å². The zero-order chi connectivity index (χ0) is 17.5. The maximum absolute atomic E-state index is 13.4. The van der Waals surface area contributed by atoms with E-state index in [-0.39, 0.29) is 11.7 Å². The van der Waals surface area contributed by atoms with Crippen LogP contribution >= 0.6 is 23.4 Å². The highest BCUT2D eigenvalue weighted by atomic mass is 35.5. The van der Waals surface area contributed by atoms with Crippen molar-refractivity contribution in [1.29, 1.82) is 0 Å². The van der Waals surface area contributed by atoms with Gasteiger partial charge in [0.1, 0.15) is 11.0 Å². The van der Waals surface area contributed by atoms with Gasteiger partial charge in [-0.05, 0) is 24.6 Å². The van der Waals surface area contributed by atoms with Crippen molar-refractivity contribution < 1.29 is 9.18 Å². The van der Waals surface area contributed by atoms with Crippen LogP contribution in [0.25, 0.3) is 6.08 Å². The average molecular weight is 368 g/mol. The molecule has 1 aromatic heterocycles. The number of thioether (sulfide) groups is 1. The molecule has 0 unspecified atom stereocenters. The van der Waals surface area contributed by atoms with Gasteiger partial charge in [0, 0.05) is 36.7 Å². The molecular weight excluding hydrogens is 349 g/mol. The predicted molar refractivity (Wildman–Crippen MR) is 97.6 cm³/mol. The Labute approximate surface area is 150 Å². The summed E-state index contributed by atoms with van der Waals surface area (Å²) in [5.41, 5.74) is 2.19. The smallest absolute Gasteiger partial charge is 0.244 e. The molecule has 7 heteroatoms. The first-order chi connectivity index (χ1) is 11.5. The molecule has 4 nitrogen and oxygen atoms in total. The Morgan fingerprint density at radius 1 is 1.46 bits per heavy atom. The SMILES string of the molecule is Cc1nn(C)c(Cl)c1/C=C/C(=O)NCCSCc1ccccc1F. The minimum Gasteiger partial charge on any atom is -0.352 e. The summed E-state index contributed by atoms with van der Waals surface area (Å²) in [6.07, 6.45) is 3.10. The zero-order valence-electron chi connectivity index (χ0n) is 13.6. The van der Waals surface area contributed by atoms with Crippen molar-refractivity contribution in [3.05, 3.63) is 58.1 Å². The first-order valence-electron chi connectivity index (χ1n) is 7.45. The molecule has 0 radical (unpaired) electrons. The molecule has 0 aliphatic carbocycles. The Morgan fingerprint density at radius 2 is 2.21 bits per heavy atom. The van der Waals surface area contributed by atoms with E-state index in [1.807, 2.05) is 13.0 Å². The number of benzene rings is 1. The van der Waals surface area contributed by atoms with E-state index in [1.165, 1.54) is 12.1 Å². The highest BCUT2D eigenvalue weighted by molar-refractivity contribution is 7.98. The van der Waals surface area contributed by atoms with Gasteiger partial charge in [-0.3, -0.25) is 9.48 Å². The Kier molecular flexibility index (Phi) is 6.87. The van der Waals surface area contributed by atoms with E-state index in [2.05, 4.69) is 10.4 Å². The zero-order valence-corrected chi connectivity index (χ0v) is 15.1. The Bertz CT molecular complexity index is 745. The van der Waals surface area contributed by atoms with Gasteiger partial charge >= 0.3 is 0 Å². The first kappa shape index (κ1) is 18.5. The lowest BCUT2D eigenvalue weighted by Gasteiger charge is -2.04. The Balaban J connectivity index is 1.72. The number of aryl methyl sites for hydroxylation is 2. The summed E-state index contributed by atoms with van der Waals surface area (Å²) >= 11 is 7.67. The monoisotopic (exact) mass is 367 g/mol. The third-order valence-electron chi connectivity index (χ3n) is 3.36. The van der Waals surface area contributed by atoms with Crippen molar-refractivity contribution in [3.8, 4) is 0 Å². The van der Waals surface area contributed by atoms with Crippen molar-refractivity contribution >= 4 is 35.3 Å². The van der Waals surface area contributed by atoms with E-state index in [4.69, 9.17) is 11.6 Å². The number of rotatable bonds is 7. The molecule has 0 aliphatic rings. The van der Waals surface area contributed by atoms with Gasteiger partial charge in [0.2, 0.25) is 5.91 Å². The topological polar surface area (TPSA) is 46.9 Å². The molecular formula is C17H19ClFN3OS. The molecule has 1 heterocycles. The van der Waals surface area contributed by atoms with E-state index in [1.54, 1.807) is 41.7 Å². The minimum atomic E-state index is -0.194. The number of carbonyl (C=O) groups is 1. The van der Waals surface area contributed by atoms with Gasteiger partial charge in [-0.2, -0.15) is 16.9 Å². The average Bonchev–Trinajstić information content (AvgIpc) is 2.79. The Hall–Kier alpha value is -1.79. The largest absolute Gasteiger partial charge is 0.352 e. The van der Waals surface area contributed by atoms with Gasteiger partial charge in [0.15, 0.2) is 0 Å². The van der Waals surface area contributed by atoms with E-state index in [0.717, 1.165) is 11.3 Å². The van der Waals surface area contributed by atoms with Gasteiger partial charge in [-0.25, -0.2) is 4.39 Å². The van der Waals surface area contributed by atoms with Crippen LogP contribution in [0, 0.1) is 12.7 Å². The maximum Gasteiger partial charge on any atom is 0.244 e. The van der Waals surface area contributed by atoms with Crippen LogP contribution < -0.4 is 5.32 Å². The molecule has 0 bridgehead atoms. The molecule has 1 N–H and O–H groups in total. The molecule has 1 amide bonds. The second kappa shape index (κ2) is 8.89. The van der Waals surface area contributed by atoms with Crippen LogP contribution in [0.2, 0.25) is 5.15 Å². The van der Waals surface area contributed by atoms with Crippen LogP contribution in [0.5, 0.6) is 0 Å². The fraction of sp³-hybridized carbons (Fsp3) is 0.294. The standard InChI is InChI=1S/C17H19ClFN3OS/c1-12-14(17(18)22(2)21-12)7-8-16(23)20-9-10-24-11-13-5-3-4-6-15(13)19/h3-8H,9-11H2,1-2H3,(H,20,23)/b8-7+. The third-order valence-corrected chi connectivity index (χ3v) is 4.81. The Morgan fingerprint density at radius 3 is 2.88 bits per heavy atom. The summed E-state index contributed by atoms with van der Waals surface area (Å²) in [6, 6.07) is 6.71. The normalized spacial score (nSPS) is 11.2. The number of nitrogens with one attached hydrogen (secondary N) is 1. The number of nitrogens with zero attached hydrogens (tertiary/aromatic N) is 2. The lowest BCUT2D eigenvalue weighted by molar-refractivity contribution is -0.116. The summed E-state index contributed by atoms with van der Waals surface area (Å²) in [4.78, 5) is 11.8. The highest BCUT2D eigenvalue weighted by Crippen LogP contribution is 2.19. The van der Waals surface area contributed by atoms with E-state index < -0.39 is 0 Å². The van der Waals surface area contributed by atoms with Crippen molar-refractivity contribution in [3.63, 3.8) is 0 Å². The lowest BCUT2D eigenvalue weighted by Crippen LogP contribution is -2.23. The number of halogens is 2. The van der Waals surface area contributed by atoms with E-state index >= 15 is 0 Å². The fourth-order valence-electron chi connectivity index (χ4n) is 2.10. The third kappa shape index (κ3) is 5.11. The second-order valence-corrected chi connectivity index (χ2v) is 6.65. The number of carbonyl (C=O) groups excluding carboxylic acids is 1. The van der Waals surface area contributed by atoms with Gasteiger partial charge in [0.05, 0.1) is 5.69 Å². The molecule has 0 atom stereocenters. The molecule has 0 spiro atoms. The molecule has 128 valence electrons. The summed E-state index contributed by atoms with van der Waals surface area (Å²) in [7, 11) is 1.75. The van der Waals surface area contributed by atoms with Crippen LogP contribution in [0.1, 0.15) is 16.8 Å². The molecule has 1 aromatic carbocycles. The number of hydrogen-bond acceptors (Lipinski definition) is 3. The van der Waals surface area contributed by atoms with Crippen LogP contribution in [0.15, 0.2) is 30.3 Å². The molecule has 0 fully saturated rings. The van der Waals surface area contributed by atoms with Crippen LogP contribution in [0.3, 0.4) is 0 Å². The molecule has 24 heavy (non-hydrogen) atoms. The van der Waals surface area contributed by atoms with Crippen molar-refractivity contribution in [2.24, 2.45) is 7.05 Å². The first-order valence-corrected chi connectivity index (χ1v) is 8.98. The molecule has 2 aromatic rings. The van der Waals surface area contributed by atoms with Gasteiger partial charge < -0.3 is 5.32 Å². The summed E-state index contributed by atoms with van der Waals surface area (Å²) in [5, 5.41) is 7.46.